The Hall–Kier alpha value is -0.560. The van der Waals surface area contributed by atoms with E-state index in [0.29, 0.717) is 37.8 Å². The van der Waals surface area contributed by atoms with Crippen LogP contribution in [0.5, 0.6) is 0 Å². The molecule has 8 heteroatoms. The molecule has 2 N–H and O–H groups in total. The van der Waals surface area contributed by atoms with Crippen LogP contribution < -0.4 is 0 Å². The van der Waals surface area contributed by atoms with Crippen LogP contribution >= 0.6 is 23.2 Å². The normalized spacial score (nSPS) is 11.2. The van der Waals surface area contributed by atoms with Crippen molar-refractivity contribution in [3.05, 3.63) is 0 Å². The molecule has 0 spiro atoms. The van der Waals surface area contributed by atoms with Crippen LogP contribution in [0.4, 0.5) is 0 Å². The van der Waals surface area contributed by atoms with E-state index in [0.717, 1.165) is 6.54 Å². The third kappa shape index (κ3) is 11.0. The molecule has 112 valence electrons. The zero-order valence-electron chi connectivity index (χ0n) is 10.7. The van der Waals surface area contributed by atoms with Gasteiger partial charge >= 0.3 is 11.9 Å². The Morgan fingerprint density at radius 3 is 1.58 bits per heavy atom. The van der Waals surface area contributed by atoms with Gasteiger partial charge in [-0.05, 0) is 13.0 Å². The number of alkyl halides is 2. The standard InChI is InChI=1S/C11H20Cl2N2O4/c12-2-6-14(7-3-13)4-1-5-15(8-10(16)17)9-11(18)19/h1-9H2,(H,16,17)(H,18,19). The topological polar surface area (TPSA) is 81.1 Å². The Bertz CT molecular complexity index is 257. The Kier molecular flexibility index (Phi) is 10.9. The first-order valence-corrected chi connectivity index (χ1v) is 7.06. The molecule has 0 aromatic rings. The third-order valence-corrected chi connectivity index (χ3v) is 2.81. The fraction of sp³-hybridized carbons (Fsp3) is 0.818. The van der Waals surface area contributed by atoms with Gasteiger partial charge in [0.1, 0.15) is 0 Å². The average molecular weight is 315 g/mol. The van der Waals surface area contributed by atoms with Crippen LogP contribution in [0, 0.1) is 0 Å². The fourth-order valence-electron chi connectivity index (χ4n) is 1.69. The summed E-state index contributed by atoms with van der Waals surface area (Å²) in [4.78, 5) is 24.7. The van der Waals surface area contributed by atoms with E-state index in [1.165, 1.54) is 4.90 Å². The minimum Gasteiger partial charge on any atom is -0.480 e. The van der Waals surface area contributed by atoms with Gasteiger partial charge in [-0.2, -0.15) is 0 Å². The van der Waals surface area contributed by atoms with Crippen molar-refractivity contribution >= 4 is 35.1 Å². The number of rotatable bonds is 12. The lowest BCUT2D eigenvalue weighted by Crippen LogP contribution is -2.37. The number of hydrogen-bond donors (Lipinski definition) is 2. The SMILES string of the molecule is O=C(O)CN(CCCN(CCCl)CCCl)CC(=O)O. The number of carboxylic acids is 2. The van der Waals surface area contributed by atoms with Gasteiger partial charge in [-0.25, -0.2) is 0 Å². The van der Waals surface area contributed by atoms with Crippen molar-refractivity contribution in [2.45, 2.75) is 6.42 Å². The molecule has 0 aliphatic rings. The molecule has 0 unspecified atom stereocenters. The van der Waals surface area contributed by atoms with E-state index >= 15 is 0 Å². The van der Waals surface area contributed by atoms with E-state index < -0.39 is 11.9 Å². The van der Waals surface area contributed by atoms with E-state index in [9.17, 15) is 9.59 Å². The first-order chi connectivity index (χ1) is 8.99. The number of hydrogen-bond acceptors (Lipinski definition) is 4. The zero-order valence-corrected chi connectivity index (χ0v) is 12.2. The second-order valence-corrected chi connectivity index (χ2v) is 4.83. The van der Waals surface area contributed by atoms with Crippen molar-refractivity contribution in [2.75, 3.05) is 51.0 Å². The van der Waals surface area contributed by atoms with Crippen LogP contribution in [0.2, 0.25) is 0 Å². The van der Waals surface area contributed by atoms with Crippen molar-refractivity contribution < 1.29 is 19.8 Å². The van der Waals surface area contributed by atoms with Gasteiger partial charge in [-0.1, -0.05) is 0 Å². The number of aliphatic carboxylic acids is 2. The number of carbonyl (C=O) groups is 2. The first-order valence-electron chi connectivity index (χ1n) is 5.99. The van der Waals surface area contributed by atoms with E-state index in [1.807, 2.05) is 0 Å². The lowest BCUT2D eigenvalue weighted by molar-refractivity contribution is -0.141. The molecule has 0 saturated heterocycles. The maximum atomic E-state index is 10.6. The molecule has 0 aromatic heterocycles. The monoisotopic (exact) mass is 314 g/mol. The van der Waals surface area contributed by atoms with Gasteiger partial charge in [0.15, 0.2) is 0 Å². The van der Waals surface area contributed by atoms with E-state index in [2.05, 4.69) is 4.90 Å². The summed E-state index contributed by atoms with van der Waals surface area (Å²) in [5.41, 5.74) is 0. The molecule has 0 saturated carbocycles. The predicted octanol–water partition coefficient (Wildman–Crippen LogP) is 0.627. The molecule has 0 heterocycles. The van der Waals surface area contributed by atoms with Crippen molar-refractivity contribution in [1.82, 2.24) is 9.80 Å². The molecule has 0 atom stereocenters. The van der Waals surface area contributed by atoms with Crippen molar-refractivity contribution in [3.8, 4) is 0 Å². The number of carboxylic acid groups (broad SMARTS) is 2. The number of halogens is 2. The smallest absolute Gasteiger partial charge is 0.317 e. The summed E-state index contributed by atoms with van der Waals surface area (Å²) < 4.78 is 0. The lowest BCUT2D eigenvalue weighted by Gasteiger charge is -2.22. The van der Waals surface area contributed by atoms with E-state index in [4.69, 9.17) is 33.4 Å². The van der Waals surface area contributed by atoms with Crippen molar-refractivity contribution in [1.29, 1.82) is 0 Å². The summed E-state index contributed by atoms with van der Waals surface area (Å²) >= 11 is 11.3. The van der Waals surface area contributed by atoms with Gasteiger partial charge in [-0.15, -0.1) is 23.2 Å². The molecule has 0 amide bonds. The van der Waals surface area contributed by atoms with Crippen molar-refractivity contribution in [3.63, 3.8) is 0 Å². The molecular formula is C11H20Cl2N2O4. The molecule has 6 nitrogen and oxygen atoms in total. The van der Waals surface area contributed by atoms with Crippen LogP contribution in [-0.2, 0) is 9.59 Å². The highest BCUT2D eigenvalue weighted by molar-refractivity contribution is 6.18. The van der Waals surface area contributed by atoms with Crippen LogP contribution in [0.3, 0.4) is 0 Å². The molecule has 19 heavy (non-hydrogen) atoms. The van der Waals surface area contributed by atoms with Gasteiger partial charge in [0.25, 0.3) is 0 Å². The van der Waals surface area contributed by atoms with Gasteiger partial charge in [0, 0.05) is 31.4 Å². The van der Waals surface area contributed by atoms with Gasteiger partial charge in [0.05, 0.1) is 13.1 Å². The molecule has 0 radical (unpaired) electrons. The molecule has 0 aliphatic heterocycles. The Morgan fingerprint density at radius 2 is 1.21 bits per heavy atom. The molecular weight excluding hydrogens is 295 g/mol. The van der Waals surface area contributed by atoms with Crippen LogP contribution in [0.25, 0.3) is 0 Å². The van der Waals surface area contributed by atoms with E-state index in [-0.39, 0.29) is 13.1 Å². The Labute approximate surface area is 122 Å². The minimum absolute atomic E-state index is 0.267. The highest BCUT2D eigenvalue weighted by Gasteiger charge is 2.13. The molecule has 0 aliphatic carbocycles. The summed E-state index contributed by atoms with van der Waals surface area (Å²) in [5, 5.41) is 17.4. The zero-order chi connectivity index (χ0) is 14.7. The number of nitrogens with zero attached hydrogens (tertiary/aromatic N) is 2. The summed E-state index contributed by atoms with van der Waals surface area (Å²) in [6, 6.07) is 0. The third-order valence-electron chi connectivity index (χ3n) is 2.47. The molecule has 0 rings (SSSR count). The van der Waals surface area contributed by atoms with Crippen molar-refractivity contribution in [2.24, 2.45) is 0 Å². The Morgan fingerprint density at radius 1 is 0.789 bits per heavy atom. The maximum absolute atomic E-state index is 10.6. The minimum atomic E-state index is -1.03. The molecule has 0 bridgehead atoms. The summed E-state index contributed by atoms with van der Waals surface area (Å²) in [6.07, 6.45) is 0.675. The summed E-state index contributed by atoms with van der Waals surface area (Å²) in [5.74, 6) is -1.05. The highest BCUT2D eigenvalue weighted by Crippen LogP contribution is 1.98. The lowest BCUT2D eigenvalue weighted by atomic mass is 10.3. The van der Waals surface area contributed by atoms with Crippen LogP contribution in [-0.4, -0.2) is 83.0 Å². The fourth-order valence-corrected chi connectivity index (χ4v) is 2.17. The van der Waals surface area contributed by atoms with Gasteiger partial charge in [-0.3, -0.25) is 14.5 Å². The van der Waals surface area contributed by atoms with Crippen LogP contribution in [0.15, 0.2) is 0 Å². The second-order valence-electron chi connectivity index (χ2n) is 4.07. The maximum Gasteiger partial charge on any atom is 0.317 e. The quantitative estimate of drug-likeness (QED) is 0.514. The summed E-state index contributed by atoms with van der Waals surface area (Å²) in [7, 11) is 0. The predicted molar refractivity (Wildman–Crippen MR) is 74.2 cm³/mol. The average Bonchev–Trinajstić information content (AvgIpc) is 2.27. The molecule has 0 fully saturated rings. The van der Waals surface area contributed by atoms with Gasteiger partial charge < -0.3 is 15.1 Å². The second kappa shape index (κ2) is 11.3. The first kappa shape index (κ1) is 18.4. The largest absolute Gasteiger partial charge is 0.480 e. The summed E-state index contributed by atoms with van der Waals surface area (Å²) in [6.45, 7) is 2.03. The van der Waals surface area contributed by atoms with E-state index in [1.54, 1.807) is 0 Å². The Balaban J connectivity index is 4.06. The van der Waals surface area contributed by atoms with Gasteiger partial charge in [0.2, 0.25) is 0 Å². The van der Waals surface area contributed by atoms with Crippen LogP contribution in [0.1, 0.15) is 6.42 Å². The highest BCUT2D eigenvalue weighted by atomic mass is 35.5. The molecule has 0 aromatic carbocycles.